The molecule has 0 saturated carbocycles. The van der Waals surface area contributed by atoms with Crippen LogP contribution in [0.4, 0.5) is 5.69 Å². The summed E-state index contributed by atoms with van der Waals surface area (Å²) >= 11 is 0. The molecule has 0 fully saturated rings. The molecule has 0 aliphatic rings. The van der Waals surface area contributed by atoms with E-state index in [4.69, 9.17) is 0 Å². The van der Waals surface area contributed by atoms with Gasteiger partial charge in [-0.25, -0.2) is 18.4 Å². The zero-order valence-electron chi connectivity index (χ0n) is 10.5. The lowest BCUT2D eigenvalue weighted by atomic mass is 10.3. The van der Waals surface area contributed by atoms with E-state index in [-0.39, 0.29) is 5.03 Å². The number of aromatic nitrogens is 1. The Labute approximate surface area is 102 Å². The highest BCUT2D eigenvalue weighted by Gasteiger charge is 2.10. The minimum absolute atomic E-state index is 0.0813. The third-order valence-electron chi connectivity index (χ3n) is 2.31. The van der Waals surface area contributed by atoms with Gasteiger partial charge in [0, 0.05) is 19.8 Å². The molecule has 0 aliphatic carbocycles. The van der Waals surface area contributed by atoms with Crippen molar-refractivity contribution >= 4 is 21.9 Å². The molecule has 17 heavy (non-hydrogen) atoms. The Bertz CT molecular complexity index is 524. The Morgan fingerprint density at radius 3 is 2.59 bits per heavy atom. The number of sulfone groups is 1. The molecule has 0 saturated heterocycles. The standard InChI is InChI=1S/C11H17N3O2S/c1-5-14(3)8-12-10-6-7-11(13-9(10)2)17(4,15)16/h6-8H,5H2,1-4H3. The van der Waals surface area contributed by atoms with Gasteiger partial charge in [0.1, 0.15) is 0 Å². The molecule has 0 N–H and O–H groups in total. The topological polar surface area (TPSA) is 62.6 Å². The second kappa shape index (κ2) is 5.27. The largest absolute Gasteiger partial charge is 0.366 e. The molecule has 1 aromatic heterocycles. The fourth-order valence-corrected chi connectivity index (χ4v) is 1.73. The molecule has 94 valence electrons. The van der Waals surface area contributed by atoms with Gasteiger partial charge in [-0.15, -0.1) is 0 Å². The molecule has 0 spiro atoms. The SMILES string of the molecule is CCN(C)C=Nc1ccc(S(C)(=O)=O)nc1C. The second-order valence-electron chi connectivity index (χ2n) is 3.84. The average Bonchev–Trinajstić information content (AvgIpc) is 2.25. The third-order valence-corrected chi connectivity index (χ3v) is 3.29. The van der Waals surface area contributed by atoms with Gasteiger partial charge in [-0.2, -0.15) is 0 Å². The summed E-state index contributed by atoms with van der Waals surface area (Å²) in [4.78, 5) is 10.2. The van der Waals surface area contributed by atoms with E-state index in [0.29, 0.717) is 11.4 Å². The highest BCUT2D eigenvalue weighted by Crippen LogP contribution is 2.18. The smallest absolute Gasteiger partial charge is 0.192 e. The Balaban J connectivity index is 3.03. The van der Waals surface area contributed by atoms with Crippen LogP contribution in [0.1, 0.15) is 12.6 Å². The maximum Gasteiger partial charge on any atom is 0.192 e. The van der Waals surface area contributed by atoms with E-state index < -0.39 is 9.84 Å². The number of pyridine rings is 1. The minimum atomic E-state index is -3.25. The van der Waals surface area contributed by atoms with Gasteiger partial charge in [0.15, 0.2) is 14.9 Å². The summed E-state index contributed by atoms with van der Waals surface area (Å²) in [5.74, 6) is 0. The molecule has 1 heterocycles. The van der Waals surface area contributed by atoms with E-state index in [2.05, 4.69) is 9.98 Å². The number of nitrogens with zero attached hydrogens (tertiary/aromatic N) is 3. The predicted octanol–water partition coefficient (Wildman–Crippen LogP) is 1.41. The Hall–Kier alpha value is -1.43. The number of rotatable bonds is 4. The number of hydrogen-bond donors (Lipinski definition) is 0. The van der Waals surface area contributed by atoms with Crippen LogP contribution in [0.25, 0.3) is 0 Å². The van der Waals surface area contributed by atoms with Gasteiger partial charge < -0.3 is 4.90 Å². The first-order chi connectivity index (χ1) is 7.84. The number of aryl methyl sites for hydroxylation is 1. The van der Waals surface area contributed by atoms with Crippen LogP contribution in [0.5, 0.6) is 0 Å². The molecule has 0 bridgehead atoms. The van der Waals surface area contributed by atoms with Crippen LogP contribution < -0.4 is 0 Å². The van der Waals surface area contributed by atoms with Crippen molar-refractivity contribution in [2.75, 3.05) is 19.8 Å². The van der Waals surface area contributed by atoms with Crippen molar-refractivity contribution in [2.45, 2.75) is 18.9 Å². The molecule has 0 amide bonds. The maximum atomic E-state index is 11.3. The summed E-state index contributed by atoms with van der Waals surface area (Å²) in [6.45, 7) is 4.62. The summed E-state index contributed by atoms with van der Waals surface area (Å²) in [6, 6.07) is 3.14. The van der Waals surface area contributed by atoms with Crippen LogP contribution in [0.3, 0.4) is 0 Å². The van der Waals surface area contributed by atoms with E-state index in [1.165, 1.54) is 6.07 Å². The average molecular weight is 255 g/mol. The molecular formula is C11H17N3O2S. The summed E-state index contributed by atoms with van der Waals surface area (Å²) in [7, 11) is -1.34. The first kappa shape index (κ1) is 13.6. The molecule has 5 nitrogen and oxygen atoms in total. The second-order valence-corrected chi connectivity index (χ2v) is 5.81. The molecule has 0 radical (unpaired) electrons. The zero-order valence-corrected chi connectivity index (χ0v) is 11.3. The molecular weight excluding hydrogens is 238 g/mol. The van der Waals surface area contributed by atoms with Gasteiger partial charge in [-0.05, 0) is 26.0 Å². The summed E-state index contributed by atoms with van der Waals surface area (Å²) < 4.78 is 22.6. The fraction of sp³-hybridized carbons (Fsp3) is 0.455. The lowest BCUT2D eigenvalue weighted by molar-refractivity contribution is 0.552. The van der Waals surface area contributed by atoms with Crippen LogP contribution >= 0.6 is 0 Å². The van der Waals surface area contributed by atoms with Crippen molar-refractivity contribution in [3.63, 3.8) is 0 Å². The van der Waals surface area contributed by atoms with Crippen LogP contribution in [-0.4, -0.2) is 44.5 Å². The maximum absolute atomic E-state index is 11.3. The van der Waals surface area contributed by atoms with Gasteiger partial charge in [0.05, 0.1) is 17.7 Å². The highest BCUT2D eigenvalue weighted by atomic mass is 32.2. The molecule has 0 atom stereocenters. The van der Waals surface area contributed by atoms with E-state index in [0.717, 1.165) is 12.8 Å². The van der Waals surface area contributed by atoms with Gasteiger partial charge in [-0.3, -0.25) is 0 Å². The lowest BCUT2D eigenvalue weighted by Crippen LogP contribution is -2.14. The van der Waals surface area contributed by atoms with E-state index in [1.807, 2.05) is 18.9 Å². The number of hydrogen-bond acceptors (Lipinski definition) is 4. The van der Waals surface area contributed by atoms with Crippen molar-refractivity contribution in [3.8, 4) is 0 Å². The van der Waals surface area contributed by atoms with Crippen molar-refractivity contribution in [2.24, 2.45) is 4.99 Å². The zero-order chi connectivity index (χ0) is 13.1. The Morgan fingerprint density at radius 1 is 1.47 bits per heavy atom. The van der Waals surface area contributed by atoms with Gasteiger partial charge in [0.25, 0.3) is 0 Å². The summed E-state index contributed by atoms with van der Waals surface area (Å²) in [5, 5.41) is 0.0813. The van der Waals surface area contributed by atoms with Gasteiger partial charge in [-0.1, -0.05) is 0 Å². The Kier molecular flexibility index (Phi) is 4.22. The first-order valence-electron chi connectivity index (χ1n) is 5.26. The highest BCUT2D eigenvalue weighted by molar-refractivity contribution is 7.90. The predicted molar refractivity (Wildman–Crippen MR) is 68.5 cm³/mol. The lowest BCUT2D eigenvalue weighted by Gasteiger charge is -2.08. The van der Waals surface area contributed by atoms with Crippen LogP contribution in [0.2, 0.25) is 0 Å². The van der Waals surface area contributed by atoms with Crippen molar-refractivity contribution in [3.05, 3.63) is 17.8 Å². The van der Waals surface area contributed by atoms with E-state index in [9.17, 15) is 8.42 Å². The van der Waals surface area contributed by atoms with Crippen LogP contribution in [-0.2, 0) is 9.84 Å². The van der Waals surface area contributed by atoms with Crippen molar-refractivity contribution < 1.29 is 8.42 Å². The molecule has 1 rings (SSSR count). The Morgan fingerprint density at radius 2 is 2.12 bits per heavy atom. The molecule has 1 aromatic rings. The van der Waals surface area contributed by atoms with Gasteiger partial charge >= 0.3 is 0 Å². The van der Waals surface area contributed by atoms with Gasteiger partial charge in [0.2, 0.25) is 0 Å². The number of aliphatic imine (C=N–C) groups is 1. The fourth-order valence-electron chi connectivity index (χ4n) is 1.12. The molecule has 0 aromatic carbocycles. The van der Waals surface area contributed by atoms with Crippen LogP contribution in [0, 0.1) is 6.92 Å². The first-order valence-corrected chi connectivity index (χ1v) is 7.16. The minimum Gasteiger partial charge on any atom is -0.366 e. The summed E-state index contributed by atoms with van der Waals surface area (Å²) in [5.41, 5.74) is 1.28. The van der Waals surface area contributed by atoms with Crippen molar-refractivity contribution in [1.29, 1.82) is 0 Å². The molecule has 0 aliphatic heterocycles. The van der Waals surface area contributed by atoms with Crippen LogP contribution in [0.15, 0.2) is 22.2 Å². The summed E-state index contributed by atoms with van der Waals surface area (Å²) in [6.07, 6.45) is 2.84. The van der Waals surface area contributed by atoms with Crippen molar-refractivity contribution in [1.82, 2.24) is 9.88 Å². The monoisotopic (exact) mass is 255 g/mol. The third kappa shape index (κ3) is 3.81. The van der Waals surface area contributed by atoms with E-state index in [1.54, 1.807) is 19.3 Å². The van der Waals surface area contributed by atoms with E-state index >= 15 is 0 Å². The molecule has 6 heteroatoms. The quantitative estimate of drug-likeness (QED) is 0.602. The molecule has 0 unspecified atom stereocenters. The normalized spacial score (nSPS) is 12.0.